The molecule has 1 aliphatic rings. The zero-order valence-corrected chi connectivity index (χ0v) is 15.6. The first-order valence-electron chi connectivity index (χ1n) is 8.34. The molecule has 1 fully saturated rings. The molecule has 0 unspecified atom stereocenters. The first-order chi connectivity index (χ1) is 11.5. The van der Waals surface area contributed by atoms with Crippen molar-refractivity contribution in [1.29, 1.82) is 0 Å². The maximum absolute atomic E-state index is 12.3. The number of benzene rings is 1. The second-order valence-electron chi connectivity index (χ2n) is 6.40. The van der Waals surface area contributed by atoms with Crippen LogP contribution in [0.25, 0.3) is 0 Å². The summed E-state index contributed by atoms with van der Waals surface area (Å²) in [5, 5.41) is 2.92. The third-order valence-electron chi connectivity index (χ3n) is 4.30. The number of rotatable bonds is 6. The zero-order chi connectivity index (χ0) is 17.5. The predicted molar refractivity (Wildman–Crippen MR) is 100 cm³/mol. The molecule has 1 aromatic rings. The summed E-state index contributed by atoms with van der Waals surface area (Å²) < 4.78 is 0. The van der Waals surface area contributed by atoms with E-state index < -0.39 is 0 Å². The molecule has 0 aliphatic carbocycles. The van der Waals surface area contributed by atoms with Gasteiger partial charge in [0.1, 0.15) is 0 Å². The van der Waals surface area contributed by atoms with Crippen LogP contribution in [0.2, 0.25) is 0 Å². The number of carbonyl (C=O) groups is 2. The molecule has 2 amide bonds. The van der Waals surface area contributed by atoms with Crippen LogP contribution >= 0.6 is 11.8 Å². The smallest absolute Gasteiger partial charge is 0.228 e. The maximum Gasteiger partial charge on any atom is 0.228 e. The van der Waals surface area contributed by atoms with Gasteiger partial charge in [0, 0.05) is 43.5 Å². The number of hydrogen-bond acceptors (Lipinski definition) is 4. The minimum absolute atomic E-state index is 0.0153. The highest BCUT2D eigenvalue weighted by atomic mass is 32.2. The summed E-state index contributed by atoms with van der Waals surface area (Å²) in [5.74, 6) is 1.00. The molecule has 0 saturated carbocycles. The average Bonchev–Trinajstić information content (AvgIpc) is 2.57. The van der Waals surface area contributed by atoms with E-state index in [0.29, 0.717) is 6.42 Å². The van der Waals surface area contributed by atoms with Crippen molar-refractivity contribution in [2.45, 2.75) is 13.3 Å². The van der Waals surface area contributed by atoms with E-state index in [4.69, 9.17) is 0 Å². The molecule has 0 aromatic heterocycles. The molecule has 1 heterocycles. The highest BCUT2D eigenvalue weighted by Gasteiger charge is 2.19. The van der Waals surface area contributed by atoms with E-state index in [-0.39, 0.29) is 17.7 Å². The van der Waals surface area contributed by atoms with Gasteiger partial charge in [0.05, 0.1) is 6.42 Å². The van der Waals surface area contributed by atoms with Crippen LogP contribution in [0.3, 0.4) is 0 Å². The van der Waals surface area contributed by atoms with Crippen LogP contribution in [0.4, 0.5) is 5.69 Å². The highest BCUT2D eigenvalue weighted by molar-refractivity contribution is 7.98. The molecule has 0 bridgehead atoms. The normalized spacial score (nSPS) is 16.7. The molecule has 1 saturated heterocycles. The van der Waals surface area contributed by atoms with Gasteiger partial charge in [-0.15, -0.1) is 0 Å². The largest absolute Gasteiger partial charge is 0.340 e. The lowest BCUT2D eigenvalue weighted by atomic mass is 10.1. The van der Waals surface area contributed by atoms with E-state index in [1.165, 1.54) is 0 Å². The fraction of sp³-hybridized carbons (Fsp3) is 0.556. The Balaban J connectivity index is 1.85. The van der Waals surface area contributed by atoms with E-state index >= 15 is 0 Å². The third-order valence-corrected chi connectivity index (χ3v) is 5.13. The van der Waals surface area contributed by atoms with Gasteiger partial charge >= 0.3 is 0 Å². The Kier molecular flexibility index (Phi) is 7.12. The lowest BCUT2D eigenvalue weighted by Gasteiger charge is -2.32. The Morgan fingerprint density at radius 1 is 1.17 bits per heavy atom. The molecule has 132 valence electrons. The van der Waals surface area contributed by atoms with Crippen LogP contribution < -0.4 is 5.32 Å². The fourth-order valence-electron chi connectivity index (χ4n) is 2.64. The second-order valence-corrected chi connectivity index (χ2v) is 7.31. The lowest BCUT2D eigenvalue weighted by Crippen LogP contribution is -2.47. The van der Waals surface area contributed by atoms with Crippen LogP contribution in [-0.2, 0) is 16.0 Å². The Morgan fingerprint density at radius 2 is 1.79 bits per heavy atom. The molecule has 2 rings (SSSR count). The van der Waals surface area contributed by atoms with Crippen molar-refractivity contribution in [2.75, 3.05) is 50.6 Å². The Morgan fingerprint density at radius 3 is 2.38 bits per heavy atom. The SMILES string of the molecule is CSC[C@@H](C)C(=O)Nc1ccc(CC(=O)N2CCN(C)CC2)cc1. The molecular formula is C18H27N3O2S. The van der Waals surface area contributed by atoms with Gasteiger partial charge in [0.25, 0.3) is 0 Å². The highest BCUT2D eigenvalue weighted by Crippen LogP contribution is 2.14. The number of hydrogen-bond donors (Lipinski definition) is 1. The summed E-state index contributed by atoms with van der Waals surface area (Å²) in [6, 6.07) is 7.58. The van der Waals surface area contributed by atoms with E-state index in [1.54, 1.807) is 11.8 Å². The zero-order valence-electron chi connectivity index (χ0n) is 14.7. The third kappa shape index (κ3) is 5.53. The number of likely N-dealkylation sites (N-methyl/N-ethyl adjacent to an activating group) is 1. The minimum Gasteiger partial charge on any atom is -0.340 e. The molecule has 24 heavy (non-hydrogen) atoms. The lowest BCUT2D eigenvalue weighted by molar-refractivity contribution is -0.132. The topological polar surface area (TPSA) is 52.7 Å². The van der Waals surface area contributed by atoms with Gasteiger partial charge in [-0.25, -0.2) is 0 Å². The molecule has 6 heteroatoms. The van der Waals surface area contributed by atoms with E-state index in [2.05, 4.69) is 17.3 Å². The summed E-state index contributed by atoms with van der Waals surface area (Å²) in [7, 11) is 2.08. The molecule has 1 aliphatic heterocycles. The minimum atomic E-state index is -0.0153. The number of nitrogens with one attached hydrogen (secondary N) is 1. The molecule has 5 nitrogen and oxygen atoms in total. The quantitative estimate of drug-likeness (QED) is 0.853. The standard InChI is InChI=1S/C18H27N3O2S/c1-14(13-24-3)18(23)19-16-6-4-15(5-7-16)12-17(22)21-10-8-20(2)9-11-21/h4-7,14H,8-13H2,1-3H3,(H,19,23)/t14-/m1/s1. The number of nitrogens with zero attached hydrogens (tertiary/aromatic N) is 2. The number of anilines is 1. The summed E-state index contributed by atoms with van der Waals surface area (Å²) in [4.78, 5) is 28.5. The summed E-state index contributed by atoms with van der Waals surface area (Å²) in [6.45, 7) is 5.40. The van der Waals surface area contributed by atoms with Gasteiger partial charge in [-0.3, -0.25) is 9.59 Å². The predicted octanol–water partition coefficient (Wildman–Crippen LogP) is 1.94. The number of amides is 2. The van der Waals surface area contributed by atoms with Gasteiger partial charge < -0.3 is 15.1 Å². The van der Waals surface area contributed by atoms with Crippen LogP contribution in [0.15, 0.2) is 24.3 Å². The summed E-state index contributed by atoms with van der Waals surface area (Å²) in [5.41, 5.74) is 1.76. The number of piperazine rings is 1. The van der Waals surface area contributed by atoms with Crippen molar-refractivity contribution in [1.82, 2.24) is 9.80 Å². The first kappa shape index (κ1) is 18.8. The van der Waals surface area contributed by atoms with E-state index in [0.717, 1.165) is 43.2 Å². The van der Waals surface area contributed by atoms with Crippen LogP contribution in [0.1, 0.15) is 12.5 Å². The Labute approximate surface area is 148 Å². The van der Waals surface area contributed by atoms with Gasteiger partial charge in [-0.2, -0.15) is 11.8 Å². The van der Waals surface area contributed by atoms with Crippen molar-refractivity contribution in [3.8, 4) is 0 Å². The van der Waals surface area contributed by atoms with Crippen LogP contribution in [-0.4, -0.2) is 66.8 Å². The van der Waals surface area contributed by atoms with Crippen LogP contribution in [0.5, 0.6) is 0 Å². The first-order valence-corrected chi connectivity index (χ1v) is 9.74. The number of thioether (sulfide) groups is 1. The summed E-state index contributed by atoms with van der Waals surface area (Å²) in [6.07, 6.45) is 2.41. The van der Waals surface area contributed by atoms with Gasteiger partial charge in [0.2, 0.25) is 11.8 Å². The number of carbonyl (C=O) groups excluding carboxylic acids is 2. The van der Waals surface area contributed by atoms with Crippen molar-refractivity contribution in [3.05, 3.63) is 29.8 Å². The molecule has 1 aromatic carbocycles. The van der Waals surface area contributed by atoms with Gasteiger partial charge in [-0.1, -0.05) is 19.1 Å². The van der Waals surface area contributed by atoms with Crippen LogP contribution in [0, 0.1) is 5.92 Å². The van der Waals surface area contributed by atoms with Crippen molar-refractivity contribution in [2.24, 2.45) is 5.92 Å². The van der Waals surface area contributed by atoms with Gasteiger partial charge in [0.15, 0.2) is 0 Å². The Hall–Kier alpha value is -1.53. The van der Waals surface area contributed by atoms with Crippen molar-refractivity contribution < 1.29 is 9.59 Å². The van der Waals surface area contributed by atoms with Crippen molar-refractivity contribution >= 4 is 29.3 Å². The molecule has 0 spiro atoms. The Bertz CT molecular complexity index is 554. The maximum atomic E-state index is 12.3. The van der Waals surface area contributed by atoms with Gasteiger partial charge in [-0.05, 0) is 31.0 Å². The molecule has 1 N–H and O–H groups in total. The van der Waals surface area contributed by atoms with E-state index in [1.807, 2.05) is 42.3 Å². The molecule has 1 atom stereocenters. The molecular weight excluding hydrogens is 322 g/mol. The average molecular weight is 350 g/mol. The molecule has 0 radical (unpaired) electrons. The van der Waals surface area contributed by atoms with E-state index in [9.17, 15) is 9.59 Å². The summed E-state index contributed by atoms with van der Waals surface area (Å²) >= 11 is 1.67. The second kappa shape index (κ2) is 9.08. The fourth-order valence-corrected chi connectivity index (χ4v) is 3.29. The monoisotopic (exact) mass is 349 g/mol. The van der Waals surface area contributed by atoms with Crippen molar-refractivity contribution in [3.63, 3.8) is 0 Å².